The number of ketones is 1. The van der Waals surface area contributed by atoms with Gasteiger partial charge in [-0.1, -0.05) is 24.6 Å². The number of nitrogens with zero attached hydrogens (tertiary/aromatic N) is 2. The standard InChI is InChI=1S/C28H40N2O6/c1-17(31)28(35)13-10-22-20-7-6-18-15-19(8-11-26(18,2)21(20)9-12-27(22,28)3)29-36-16-24(32)30-14-4-5-23(30)25(33)34/h15,20-23,35H,4-14,16H2,1-3H3,(H,33,34)/t20?,21?,22?,23?,26-,27-,28-/m0/s1. The lowest BCUT2D eigenvalue weighted by Gasteiger charge is -2.59. The Kier molecular flexibility index (Phi) is 6.33. The lowest BCUT2D eigenvalue weighted by atomic mass is 9.46. The maximum Gasteiger partial charge on any atom is 0.326 e. The number of hydrogen-bond donors (Lipinski definition) is 2. The molecule has 0 spiro atoms. The summed E-state index contributed by atoms with van der Waals surface area (Å²) in [7, 11) is 0. The highest BCUT2D eigenvalue weighted by molar-refractivity contribution is 5.96. The van der Waals surface area contributed by atoms with Crippen LogP contribution >= 0.6 is 0 Å². The van der Waals surface area contributed by atoms with Crippen molar-refractivity contribution in [2.24, 2.45) is 33.7 Å². The molecule has 5 rings (SSSR count). The van der Waals surface area contributed by atoms with Gasteiger partial charge in [0.25, 0.3) is 5.91 Å². The van der Waals surface area contributed by atoms with Crippen LogP contribution in [0.25, 0.3) is 0 Å². The van der Waals surface area contributed by atoms with Crippen molar-refractivity contribution in [2.75, 3.05) is 13.2 Å². The molecule has 1 aliphatic heterocycles. The number of carbonyl (C=O) groups excluding carboxylic acids is 2. The number of fused-ring (bicyclic) bond motifs is 5. The molecule has 3 saturated carbocycles. The van der Waals surface area contributed by atoms with Crippen molar-refractivity contribution in [3.8, 4) is 0 Å². The second-order valence-electron chi connectivity index (χ2n) is 12.4. The molecule has 198 valence electrons. The number of amides is 1. The first-order chi connectivity index (χ1) is 17.0. The van der Waals surface area contributed by atoms with E-state index in [0.29, 0.717) is 43.6 Å². The minimum Gasteiger partial charge on any atom is -0.480 e. The molecule has 1 heterocycles. The van der Waals surface area contributed by atoms with Gasteiger partial charge in [0.1, 0.15) is 11.6 Å². The first-order valence-electron chi connectivity index (χ1n) is 13.7. The van der Waals surface area contributed by atoms with Crippen LogP contribution in [-0.2, 0) is 19.2 Å². The molecule has 0 aromatic carbocycles. The Morgan fingerprint density at radius 2 is 1.83 bits per heavy atom. The number of allylic oxidation sites excluding steroid dienone is 2. The fourth-order valence-electron chi connectivity index (χ4n) is 8.81. The Hall–Kier alpha value is -2.22. The first kappa shape index (κ1) is 25.4. The van der Waals surface area contributed by atoms with E-state index in [4.69, 9.17) is 4.84 Å². The van der Waals surface area contributed by atoms with Crippen molar-refractivity contribution in [3.63, 3.8) is 0 Å². The van der Waals surface area contributed by atoms with E-state index in [2.05, 4.69) is 25.1 Å². The summed E-state index contributed by atoms with van der Waals surface area (Å²) in [6.45, 7) is 6.30. The van der Waals surface area contributed by atoms with Gasteiger partial charge >= 0.3 is 5.97 Å². The molecule has 0 aromatic heterocycles. The molecule has 0 radical (unpaired) electrons. The average Bonchev–Trinajstić information content (AvgIpc) is 3.43. The van der Waals surface area contributed by atoms with Gasteiger partial charge in [0.2, 0.25) is 0 Å². The Morgan fingerprint density at radius 3 is 2.56 bits per heavy atom. The largest absolute Gasteiger partial charge is 0.480 e. The van der Waals surface area contributed by atoms with Crippen molar-refractivity contribution in [3.05, 3.63) is 11.6 Å². The molecule has 36 heavy (non-hydrogen) atoms. The molecule has 0 aromatic rings. The van der Waals surface area contributed by atoms with Crippen LogP contribution in [0.3, 0.4) is 0 Å². The van der Waals surface area contributed by atoms with Gasteiger partial charge in [-0.3, -0.25) is 9.59 Å². The number of carboxylic acid groups (broad SMARTS) is 1. The van der Waals surface area contributed by atoms with Gasteiger partial charge in [-0.25, -0.2) is 4.79 Å². The van der Waals surface area contributed by atoms with E-state index in [1.54, 1.807) is 6.92 Å². The Balaban J connectivity index is 1.26. The van der Waals surface area contributed by atoms with Crippen molar-refractivity contribution >= 4 is 23.4 Å². The summed E-state index contributed by atoms with van der Waals surface area (Å²) in [5.41, 5.74) is 0.824. The highest BCUT2D eigenvalue weighted by atomic mass is 16.6. The molecular weight excluding hydrogens is 460 g/mol. The van der Waals surface area contributed by atoms with E-state index < -0.39 is 17.6 Å². The maximum atomic E-state index is 12.5. The quantitative estimate of drug-likeness (QED) is 0.556. The van der Waals surface area contributed by atoms with Gasteiger partial charge in [0.05, 0.1) is 5.71 Å². The van der Waals surface area contributed by atoms with Crippen molar-refractivity contribution in [2.45, 2.75) is 96.6 Å². The summed E-state index contributed by atoms with van der Waals surface area (Å²) in [6.07, 6.45) is 10.6. The van der Waals surface area contributed by atoms with Crippen molar-refractivity contribution in [1.29, 1.82) is 0 Å². The minimum absolute atomic E-state index is 0.0752. The van der Waals surface area contributed by atoms with Crippen LogP contribution in [0.4, 0.5) is 0 Å². The van der Waals surface area contributed by atoms with E-state index in [-0.39, 0.29) is 29.1 Å². The predicted molar refractivity (Wildman–Crippen MR) is 133 cm³/mol. The fraction of sp³-hybridized carbons (Fsp3) is 0.786. The maximum absolute atomic E-state index is 12.5. The van der Waals surface area contributed by atoms with E-state index in [0.717, 1.165) is 50.7 Å². The molecule has 4 aliphatic carbocycles. The molecule has 8 nitrogen and oxygen atoms in total. The molecule has 1 amide bonds. The van der Waals surface area contributed by atoms with Crippen LogP contribution in [0.2, 0.25) is 0 Å². The molecule has 4 unspecified atom stereocenters. The summed E-state index contributed by atoms with van der Waals surface area (Å²) in [5, 5.41) is 24.9. The smallest absolute Gasteiger partial charge is 0.326 e. The van der Waals surface area contributed by atoms with Gasteiger partial charge in [-0.05, 0) is 100 Å². The molecule has 0 bridgehead atoms. The van der Waals surface area contributed by atoms with Crippen molar-refractivity contribution < 1.29 is 29.4 Å². The number of Topliss-reactive ketones (excluding diaryl/α,β-unsaturated/α-hetero) is 1. The lowest BCUT2D eigenvalue weighted by Crippen LogP contribution is -2.57. The fourth-order valence-corrected chi connectivity index (χ4v) is 8.81. The van der Waals surface area contributed by atoms with Crippen LogP contribution in [-0.4, -0.2) is 63.3 Å². The van der Waals surface area contributed by atoms with Gasteiger partial charge in [-0.2, -0.15) is 0 Å². The second-order valence-corrected chi connectivity index (χ2v) is 12.4. The highest BCUT2D eigenvalue weighted by Gasteiger charge is 2.65. The number of likely N-dealkylation sites (tertiary alicyclic amines) is 1. The summed E-state index contributed by atoms with van der Waals surface area (Å²) >= 11 is 0. The van der Waals surface area contributed by atoms with E-state index in [1.165, 1.54) is 10.5 Å². The average molecular weight is 501 g/mol. The number of aliphatic carboxylic acids is 1. The van der Waals surface area contributed by atoms with Crippen LogP contribution in [0.5, 0.6) is 0 Å². The van der Waals surface area contributed by atoms with Crippen LogP contribution < -0.4 is 0 Å². The van der Waals surface area contributed by atoms with Gasteiger partial charge in [0.15, 0.2) is 12.4 Å². The number of carbonyl (C=O) groups is 3. The zero-order valence-corrected chi connectivity index (χ0v) is 21.8. The first-order valence-corrected chi connectivity index (χ1v) is 13.7. The van der Waals surface area contributed by atoms with E-state index in [1.807, 2.05) is 0 Å². The summed E-state index contributed by atoms with van der Waals surface area (Å²) in [5.74, 6) is 0.0734. The number of rotatable bonds is 5. The number of carboxylic acids is 1. The summed E-state index contributed by atoms with van der Waals surface area (Å²) in [4.78, 5) is 43.0. The summed E-state index contributed by atoms with van der Waals surface area (Å²) < 4.78 is 0. The second kappa shape index (κ2) is 8.96. The lowest BCUT2D eigenvalue weighted by molar-refractivity contribution is -0.159. The van der Waals surface area contributed by atoms with E-state index >= 15 is 0 Å². The number of aliphatic hydroxyl groups is 1. The third-order valence-corrected chi connectivity index (χ3v) is 10.9. The van der Waals surface area contributed by atoms with Gasteiger partial charge < -0.3 is 20.0 Å². The molecule has 5 aliphatic rings. The zero-order valence-electron chi connectivity index (χ0n) is 21.8. The number of oxime groups is 1. The topological polar surface area (TPSA) is 117 Å². The Morgan fingerprint density at radius 1 is 1.08 bits per heavy atom. The van der Waals surface area contributed by atoms with Crippen molar-refractivity contribution in [1.82, 2.24) is 4.90 Å². The normalized spacial score (nSPS) is 42.8. The van der Waals surface area contributed by atoms with Gasteiger partial charge in [-0.15, -0.1) is 0 Å². The molecule has 1 saturated heterocycles. The van der Waals surface area contributed by atoms with Crippen LogP contribution in [0, 0.1) is 28.6 Å². The minimum atomic E-state index is -1.18. The van der Waals surface area contributed by atoms with Crippen LogP contribution in [0.15, 0.2) is 16.8 Å². The Labute approximate surface area is 213 Å². The SMILES string of the molecule is CC(=O)[C@@]1(O)CCC2C3CCC4=CC(=NOCC(=O)N5CCCC5C(=O)O)CC[C@]4(C)C3CC[C@@]21C. The summed E-state index contributed by atoms with van der Waals surface area (Å²) in [6, 6.07) is -0.759. The molecule has 7 atom stereocenters. The zero-order chi connectivity index (χ0) is 25.9. The van der Waals surface area contributed by atoms with E-state index in [9.17, 15) is 24.6 Å². The monoisotopic (exact) mass is 500 g/mol. The van der Waals surface area contributed by atoms with Gasteiger partial charge in [0, 0.05) is 12.0 Å². The number of hydrogen-bond acceptors (Lipinski definition) is 6. The highest BCUT2D eigenvalue weighted by Crippen LogP contribution is 2.67. The van der Waals surface area contributed by atoms with Crippen LogP contribution in [0.1, 0.15) is 85.0 Å². The molecular formula is C28H40N2O6. The molecule has 4 fully saturated rings. The Bertz CT molecular complexity index is 1020. The predicted octanol–water partition coefficient (Wildman–Crippen LogP) is 3.72. The molecule has 2 N–H and O–H groups in total. The molecule has 8 heteroatoms. The third kappa shape index (κ3) is 3.74. The third-order valence-electron chi connectivity index (χ3n) is 10.9.